The Labute approximate surface area is 121 Å². The first kappa shape index (κ1) is 14.5. The lowest BCUT2D eigenvalue weighted by Gasteiger charge is -2.11. The number of nitrogens with zero attached hydrogens (tertiary/aromatic N) is 3. The Morgan fingerprint density at radius 1 is 1.29 bits per heavy atom. The molecule has 0 bridgehead atoms. The second-order valence-electron chi connectivity index (χ2n) is 4.65. The summed E-state index contributed by atoms with van der Waals surface area (Å²) in [6, 6.07) is 8.43. The van der Waals surface area contributed by atoms with E-state index in [9.17, 15) is 15.4 Å². The Balaban J connectivity index is 2.59. The van der Waals surface area contributed by atoms with Crippen LogP contribution in [0.5, 0.6) is 11.6 Å². The topological polar surface area (TPSA) is 89.0 Å². The summed E-state index contributed by atoms with van der Waals surface area (Å²) in [5, 5.41) is 20.3. The van der Waals surface area contributed by atoms with E-state index in [0.29, 0.717) is 11.3 Å². The standard InChI is InChI=1S/C15H13N3O3/c1-9-5-4-6-13(18(19)20)14(9)21-15-12(8-16)10(2)7-11(3)17-15/h4-7H,1-3H3. The molecular formula is C15H13N3O3. The maximum absolute atomic E-state index is 11.1. The van der Waals surface area contributed by atoms with Crippen molar-refractivity contribution in [3.8, 4) is 17.7 Å². The van der Waals surface area contributed by atoms with Crippen molar-refractivity contribution in [3.05, 3.63) is 56.8 Å². The third kappa shape index (κ3) is 2.82. The van der Waals surface area contributed by atoms with Crippen LogP contribution in [0.3, 0.4) is 0 Å². The predicted octanol–water partition coefficient (Wildman–Crippen LogP) is 3.58. The van der Waals surface area contributed by atoms with Crippen molar-refractivity contribution in [3.63, 3.8) is 0 Å². The zero-order valence-corrected chi connectivity index (χ0v) is 11.9. The fourth-order valence-corrected chi connectivity index (χ4v) is 2.02. The van der Waals surface area contributed by atoms with Crippen LogP contribution in [0, 0.1) is 42.2 Å². The molecule has 0 saturated heterocycles. The molecule has 0 aliphatic heterocycles. The molecule has 0 N–H and O–H groups in total. The van der Waals surface area contributed by atoms with Crippen molar-refractivity contribution < 1.29 is 9.66 Å². The Morgan fingerprint density at radius 3 is 2.62 bits per heavy atom. The maximum Gasteiger partial charge on any atom is 0.311 e. The van der Waals surface area contributed by atoms with E-state index in [2.05, 4.69) is 4.98 Å². The van der Waals surface area contributed by atoms with Gasteiger partial charge >= 0.3 is 5.69 Å². The van der Waals surface area contributed by atoms with E-state index in [1.807, 2.05) is 6.07 Å². The van der Waals surface area contributed by atoms with Crippen molar-refractivity contribution in [2.24, 2.45) is 0 Å². The van der Waals surface area contributed by atoms with E-state index in [4.69, 9.17) is 4.74 Å². The van der Waals surface area contributed by atoms with E-state index in [0.717, 1.165) is 5.56 Å². The molecule has 1 aromatic carbocycles. The largest absolute Gasteiger partial charge is 0.430 e. The van der Waals surface area contributed by atoms with Crippen LogP contribution in [0.4, 0.5) is 5.69 Å². The van der Waals surface area contributed by atoms with Gasteiger partial charge in [-0.05, 0) is 38.0 Å². The molecule has 6 heteroatoms. The van der Waals surface area contributed by atoms with E-state index in [1.165, 1.54) is 6.07 Å². The summed E-state index contributed by atoms with van der Waals surface area (Å²) >= 11 is 0. The lowest BCUT2D eigenvalue weighted by molar-refractivity contribution is -0.385. The number of aryl methyl sites for hydroxylation is 3. The Hall–Kier alpha value is -2.94. The van der Waals surface area contributed by atoms with Gasteiger partial charge in [0.05, 0.1) is 4.92 Å². The van der Waals surface area contributed by atoms with E-state index in [-0.39, 0.29) is 22.9 Å². The van der Waals surface area contributed by atoms with Gasteiger partial charge in [0.25, 0.3) is 0 Å². The molecule has 0 spiro atoms. The summed E-state index contributed by atoms with van der Waals surface area (Å²) in [5.74, 6) is 0.198. The van der Waals surface area contributed by atoms with Crippen molar-refractivity contribution in [2.75, 3.05) is 0 Å². The molecule has 21 heavy (non-hydrogen) atoms. The minimum atomic E-state index is -0.517. The van der Waals surface area contributed by atoms with Gasteiger partial charge in [-0.15, -0.1) is 0 Å². The number of pyridine rings is 1. The molecule has 6 nitrogen and oxygen atoms in total. The minimum absolute atomic E-state index is 0.0902. The number of nitro groups is 1. The Morgan fingerprint density at radius 2 is 2.00 bits per heavy atom. The van der Waals surface area contributed by atoms with E-state index in [1.54, 1.807) is 39.0 Å². The van der Waals surface area contributed by atoms with Crippen molar-refractivity contribution in [1.29, 1.82) is 5.26 Å². The first-order valence-electron chi connectivity index (χ1n) is 6.24. The molecule has 1 aromatic heterocycles. The average molecular weight is 283 g/mol. The monoisotopic (exact) mass is 283 g/mol. The highest BCUT2D eigenvalue weighted by Crippen LogP contribution is 2.35. The van der Waals surface area contributed by atoms with Gasteiger partial charge in [-0.2, -0.15) is 5.26 Å². The molecule has 2 rings (SSSR count). The molecule has 106 valence electrons. The lowest BCUT2D eigenvalue weighted by atomic mass is 10.1. The molecule has 0 aliphatic rings. The summed E-state index contributed by atoms with van der Waals surface area (Å²) in [6.07, 6.45) is 0. The third-order valence-corrected chi connectivity index (χ3v) is 3.01. The molecule has 2 aromatic rings. The second-order valence-corrected chi connectivity index (χ2v) is 4.65. The van der Waals surface area contributed by atoms with Gasteiger partial charge in [-0.3, -0.25) is 10.1 Å². The highest BCUT2D eigenvalue weighted by atomic mass is 16.6. The summed E-state index contributed by atoms with van der Waals surface area (Å²) in [5.41, 5.74) is 2.13. The number of hydrogen-bond donors (Lipinski definition) is 0. The molecule has 0 unspecified atom stereocenters. The first-order valence-corrected chi connectivity index (χ1v) is 6.24. The van der Waals surface area contributed by atoms with Crippen LogP contribution in [-0.2, 0) is 0 Å². The lowest BCUT2D eigenvalue weighted by Crippen LogP contribution is -2.00. The molecule has 0 saturated carbocycles. The number of hydrogen-bond acceptors (Lipinski definition) is 5. The molecule has 0 aliphatic carbocycles. The SMILES string of the molecule is Cc1cc(C)c(C#N)c(Oc2c(C)cccc2[N+](=O)[O-])n1. The van der Waals surface area contributed by atoms with Crippen LogP contribution >= 0.6 is 0 Å². The maximum atomic E-state index is 11.1. The molecule has 0 radical (unpaired) electrons. The number of para-hydroxylation sites is 1. The normalized spacial score (nSPS) is 10.0. The first-order chi connectivity index (χ1) is 9.93. The fraction of sp³-hybridized carbons (Fsp3) is 0.200. The highest BCUT2D eigenvalue weighted by Gasteiger charge is 2.20. The zero-order valence-electron chi connectivity index (χ0n) is 11.9. The van der Waals surface area contributed by atoms with Gasteiger partial charge in [0, 0.05) is 11.8 Å². The summed E-state index contributed by atoms with van der Waals surface area (Å²) in [7, 11) is 0. The number of rotatable bonds is 3. The van der Waals surface area contributed by atoms with Gasteiger partial charge < -0.3 is 4.74 Å². The molecule has 0 fully saturated rings. The van der Waals surface area contributed by atoms with Gasteiger partial charge in [0.15, 0.2) is 0 Å². The predicted molar refractivity (Wildman–Crippen MR) is 76.3 cm³/mol. The number of benzene rings is 1. The number of nitriles is 1. The van der Waals surface area contributed by atoms with Crippen LogP contribution in [-0.4, -0.2) is 9.91 Å². The smallest absolute Gasteiger partial charge is 0.311 e. The van der Waals surface area contributed by atoms with E-state index >= 15 is 0 Å². The number of ether oxygens (including phenoxy) is 1. The van der Waals surface area contributed by atoms with Crippen LogP contribution < -0.4 is 4.74 Å². The van der Waals surface area contributed by atoms with Gasteiger partial charge in [-0.25, -0.2) is 4.98 Å². The molecule has 1 heterocycles. The van der Waals surface area contributed by atoms with Crippen LogP contribution in [0.25, 0.3) is 0 Å². The van der Waals surface area contributed by atoms with Crippen LogP contribution in [0.2, 0.25) is 0 Å². The van der Waals surface area contributed by atoms with Crippen LogP contribution in [0.15, 0.2) is 24.3 Å². The fourth-order valence-electron chi connectivity index (χ4n) is 2.02. The number of aromatic nitrogens is 1. The van der Waals surface area contributed by atoms with Crippen molar-refractivity contribution in [1.82, 2.24) is 4.98 Å². The van der Waals surface area contributed by atoms with Gasteiger partial charge in [-0.1, -0.05) is 12.1 Å². The number of nitro benzene ring substituents is 1. The minimum Gasteiger partial charge on any atom is -0.430 e. The molecular weight excluding hydrogens is 270 g/mol. The van der Waals surface area contributed by atoms with Gasteiger partial charge in [0.2, 0.25) is 11.6 Å². The highest BCUT2D eigenvalue weighted by molar-refractivity contribution is 5.55. The third-order valence-electron chi connectivity index (χ3n) is 3.01. The zero-order chi connectivity index (χ0) is 15.6. The quantitative estimate of drug-likeness (QED) is 0.634. The van der Waals surface area contributed by atoms with Crippen molar-refractivity contribution in [2.45, 2.75) is 20.8 Å². The van der Waals surface area contributed by atoms with Crippen LogP contribution in [0.1, 0.15) is 22.4 Å². The van der Waals surface area contributed by atoms with Gasteiger partial charge in [0.1, 0.15) is 11.6 Å². The Kier molecular flexibility index (Phi) is 3.85. The summed E-state index contributed by atoms with van der Waals surface area (Å²) < 4.78 is 5.61. The second kappa shape index (κ2) is 5.59. The summed E-state index contributed by atoms with van der Waals surface area (Å²) in [6.45, 7) is 5.25. The van der Waals surface area contributed by atoms with E-state index < -0.39 is 4.92 Å². The molecule has 0 amide bonds. The van der Waals surface area contributed by atoms with Crippen molar-refractivity contribution >= 4 is 5.69 Å². The summed E-state index contributed by atoms with van der Waals surface area (Å²) in [4.78, 5) is 14.8. The molecule has 0 atom stereocenters. The average Bonchev–Trinajstić information content (AvgIpc) is 2.40. The Bertz CT molecular complexity index is 763.